The van der Waals surface area contributed by atoms with Crippen molar-refractivity contribution in [3.63, 3.8) is 0 Å². The van der Waals surface area contributed by atoms with E-state index in [1.807, 2.05) is 0 Å². The first kappa shape index (κ1) is 13.0. The van der Waals surface area contributed by atoms with Crippen molar-refractivity contribution in [2.75, 3.05) is 19.7 Å². The van der Waals surface area contributed by atoms with Gasteiger partial charge in [-0.2, -0.15) is 0 Å². The van der Waals surface area contributed by atoms with Crippen LogP contribution in [0.15, 0.2) is 24.3 Å². The van der Waals surface area contributed by atoms with Gasteiger partial charge in [0, 0.05) is 6.42 Å². The minimum Gasteiger partial charge on any atom is -0.490 e. The van der Waals surface area contributed by atoms with Gasteiger partial charge < -0.3 is 10.1 Å². The summed E-state index contributed by atoms with van der Waals surface area (Å²) in [7, 11) is 0. The molecule has 0 unspecified atom stereocenters. The first-order valence-electron chi connectivity index (χ1n) is 6.03. The molecule has 3 heteroatoms. The van der Waals surface area contributed by atoms with Crippen molar-refractivity contribution < 1.29 is 14.4 Å². The van der Waals surface area contributed by atoms with Crippen molar-refractivity contribution in [3.05, 3.63) is 30.1 Å². The van der Waals surface area contributed by atoms with Crippen LogP contribution >= 0.6 is 0 Å². The van der Waals surface area contributed by atoms with Gasteiger partial charge in [-0.25, -0.2) is 4.39 Å². The highest BCUT2D eigenvalue weighted by molar-refractivity contribution is 5.23. The Morgan fingerprint density at radius 3 is 2.69 bits per heavy atom. The lowest BCUT2D eigenvalue weighted by molar-refractivity contribution is -0.655. The zero-order chi connectivity index (χ0) is 11.6. The summed E-state index contributed by atoms with van der Waals surface area (Å²) < 4.78 is 18.5. The number of benzene rings is 1. The van der Waals surface area contributed by atoms with Gasteiger partial charge in [0.15, 0.2) is 11.6 Å². The van der Waals surface area contributed by atoms with Crippen molar-refractivity contribution in [2.24, 2.45) is 0 Å². The quantitative estimate of drug-likeness (QED) is 0.674. The summed E-state index contributed by atoms with van der Waals surface area (Å²) in [6.45, 7) is 5.00. The van der Waals surface area contributed by atoms with Gasteiger partial charge in [0.2, 0.25) is 0 Å². The van der Waals surface area contributed by atoms with Crippen LogP contribution in [0.4, 0.5) is 4.39 Å². The third kappa shape index (κ3) is 5.12. The highest BCUT2D eigenvalue weighted by atomic mass is 19.1. The van der Waals surface area contributed by atoms with E-state index in [0.29, 0.717) is 12.4 Å². The molecule has 2 nitrogen and oxygen atoms in total. The molecule has 90 valence electrons. The van der Waals surface area contributed by atoms with Crippen molar-refractivity contribution in [1.82, 2.24) is 0 Å². The number of para-hydroxylation sites is 1. The van der Waals surface area contributed by atoms with Crippen molar-refractivity contribution in [2.45, 2.75) is 26.2 Å². The summed E-state index contributed by atoms with van der Waals surface area (Å²) in [6.07, 6.45) is 3.45. The minimum absolute atomic E-state index is 0.280. The largest absolute Gasteiger partial charge is 0.490 e. The molecule has 0 bridgehead atoms. The highest BCUT2D eigenvalue weighted by Crippen LogP contribution is 2.14. The molecule has 0 fully saturated rings. The van der Waals surface area contributed by atoms with Gasteiger partial charge >= 0.3 is 0 Å². The molecule has 0 aliphatic heterocycles. The monoisotopic (exact) mass is 226 g/mol. The topological polar surface area (TPSA) is 25.8 Å². The van der Waals surface area contributed by atoms with Gasteiger partial charge in [-0.3, -0.25) is 0 Å². The predicted octanol–water partition coefficient (Wildman–Crippen LogP) is 1.96. The molecule has 0 heterocycles. The molecular formula is C13H21FNO+. The molecule has 0 aliphatic rings. The van der Waals surface area contributed by atoms with Gasteiger partial charge in [0.25, 0.3) is 0 Å². The van der Waals surface area contributed by atoms with Crippen LogP contribution in [0.5, 0.6) is 5.75 Å². The normalized spacial score (nSPS) is 10.4. The van der Waals surface area contributed by atoms with Crippen LogP contribution in [0.1, 0.15) is 26.2 Å². The molecule has 0 saturated heterocycles. The van der Waals surface area contributed by atoms with Gasteiger partial charge in [-0.05, 0) is 18.6 Å². The first-order valence-corrected chi connectivity index (χ1v) is 6.03. The fourth-order valence-electron chi connectivity index (χ4n) is 1.46. The summed E-state index contributed by atoms with van der Waals surface area (Å²) in [4.78, 5) is 0. The van der Waals surface area contributed by atoms with Gasteiger partial charge in [-0.1, -0.05) is 25.5 Å². The number of halogens is 1. The van der Waals surface area contributed by atoms with Gasteiger partial charge in [-0.15, -0.1) is 0 Å². The molecule has 0 radical (unpaired) electrons. The van der Waals surface area contributed by atoms with Crippen LogP contribution in [0.3, 0.4) is 0 Å². The standard InChI is InChI=1S/C13H20FNO/c1-2-3-9-15-10-6-11-16-13-8-5-4-7-12(13)14/h4-5,7-8,15H,2-3,6,9-11H2,1H3/p+1. The second kappa shape index (κ2) is 8.11. The van der Waals surface area contributed by atoms with E-state index in [1.54, 1.807) is 18.2 Å². The fourth-order valence-corrected chi connectivity index (χ4v) is 1.46. The van der Waals surface area contributed by atoms with E-state index in [9.17, 15) is 4.39 Å². The van der Waals surface area contributed by atoms with Crippen LogP contribution in [0, 0.1) is 5.82 Å². The van der Waals surface area contributed by atoms with Crippen LogP contribution in [0.25, 0.3) is 0 Å². The molecule has 1 aromatic carbocycles. The molecule has 0 spiro atoms. The van der Waals surface area contributed by atoms with E-state index in [2.05, 4.69) is 12.2 Å². The number of hydrogen-bond donors (Lipinski definition) is 1. The highest BCUT2D eigenvalue weighted by Gasteiger charge is 2.00. The van der Waals surface area contributed by atoms with Crippen LogP contribution < -0.4 is 10.1 Å². The van der Waals surface area contributed by atoms with E-state index in [4.69, 9.17) is 4.74 Å². The van der Waals surface area contributed by atoms with Crippen molar-refractivity contribution in [1.29, 1.82) is 0 Å². The van der Waals surface area contributed by atoms with Crippen LogP contribution in [0.2, 0.25) is 0 Å². The van der Waals surface area contributed by atoms with Crippen molar-refractivity contribution >= 4 is 0 Å². The second-order valence-electron chi connectivity index (χ2n) is 3.85. The number of ether oxygens (including phenoxy) is 1. The Hall–Kier alpha value is -1.09. The number of unbranched alkanes of at least 4 members (excludes halogenated alkanes) is 1. The Morgan fingerprint density at radius 2 is 1.94 bits per heavy atom. The Labute approximate surface area is 96.8 Å². The van der Waals surface area contributed by atoms with E-state index < -0.39 is 0 Å². The van der Waals surface area contributed by atoms with E-state index in [-0.39, 0.29) is 5.82 Å². The average Bonchev–Trinajstić information content (AvgIpc) is 2.30. The summed E-state index contributed by atoms with van der Waals surface area (Å²) in [5.41, 5.74) is 0. The molecule has 0 saturated carbocycles. The number of nitrogens with two attached hydrogens (primary N) is 1. The first-order chi connectivity index (χ1) is 7.84. The minimum atomic E-state index is -0.280. The molecule has 2 N–H and O–H groups in total. The lowest BCUT2D eigenvalue weighted by atomic mass is 10.3. The summed E-state index contributed by atoms with van der Waals surface area (Å²) in [5.74, 6) is 0.0773. The van der Waals surface area contributed by atoms with E-state index in [1.165, 1.54) is 25.5 Å². The fraction of sp³-hybridized carbons (Fsp3) is 0.538. The molecule has 0 amide bonds. The zero-order valence-electron chi connectivity index (χ0n) is 9.92. The van der Waals surface area contributed by atoms with E-state index >= 15 is 0 Å². The number of hydrogen-bond acceptors (Lipinski definition) is 1. The molecular weight excluding hydrogens is 205 g/mol. The average molecular weight is 226 g/mol. The molecule has 1 aromatic rings. The Bertz CT molecular complexity index is 291. The summed E-state index contributed by atoms with van der Waals surface area (Å²) in [6, 6.07) is 6.53. The SMILES string of the molecule is CCCC[NH2+]CCCOc1ccccc1F. The predicted molar refractivity (Wildman–Crippen MR) is 63.1 cm³/mol. The smallest absolute Gasteiger partial charge is 0.165 e. The van der Waals surface area contributed by atoms with Crippen LogP contribution in [-0.4, -0.2) is 19.7 Å². The number of rotatable bonds is 8. The number of quaternary nitrogens is 1. The van der Waals surface area contributed by atoms with Crippen LogP contribution in [-0.2, 0) is 0 Å². The third-order valence-corrected chi connectivity index (χ3v) is 2.41. The maximum absolute atomic E-state index is 13.1. The Balaban J connectivity index is 2.05. The summed E-state index contributed by atoms with van der Waals surface area (Å²) in [5, 5.41) is 2.29. The lowest BCUT2D eigenvalue weighted by Gasteiger charge is -2.06. The Morgan fingerprint density at radius 1 is 1.19 bits per heavy atom. The molecule has 0 aliphatic carbocycles. The third-order valence-electron chi connectivity index (χ3n) is 2.41. The van der Waals surface area contributed by atoms with Gasteiger partial charge in [0.1, 0.15) is 0 Å². The second-order valence-corrected chi connectivity index (χ2v) is 3.85. The van der Waals surface area contributed by atoms with Gasteiger partial charge in [0.05, 0.1) is 19.7 Å². The Kier molecular flexibility index (Phi) is 6.58. The molecule has 1 rings (SSSR count). The van der Waals surface area contributed by atoms with Crippen molar-refractivity contribution in [3.8, 4) is 5.75 Å². The lowest BCUT2D eigenvalue weighted by Crippen LogP contribution is -2.84. The molecule has 0 atom stereocenters. The summed E-state index contributed by atoms with van der Waals surface area (Å²) >= 11 is 0. The zero-order valence-corrected chi connectivity index (χ0v) is 9.92. The maximum Gasteiger partial charge on any atom is 0.165 e. The maximum atomic E-state index is 13.1. The molecule has 0 aromatic heterocycles. The molecule has 16 heavy (non-hydrogen) atoms. The van der Waals surface area contributed by atoms with E-state index in [0.717, 1.165) is 13.0 Å².